The molecule has 31 heavy (non-hydrogen) atoms. The molecule has 0 spiro atoms. The maximum atomic E-state index is 6.42. The van der Waals surface area contributed by atoms with Crippen LogP contribution in [0.5, 0.6) is 5.75 Å². The Morgan fingerprint density at radius 2 is 1.74 bits per heavy atom. The monoisotopic (exact) mass is 422 g/mol. The third kappa shape index (κ3) is 4.92. The van der Waals surface area contributed by atoms with Gasteiger partial charge in [0.15, 0.2) is 0 Å². The van der Waals surface area contributed by atoms with Gasteiger partial charge in [-0.2, -0.15) is 0 Å². The number of methoxy groups -OCH3 is 1. The molecule has 0 radical (unpaired) electrons. The van der Waals surface area contributed by atoms with E-state index in [1.165, 1.54) is 48.9 Å². The number of hydrogen-bond donors (Lipinski definition) is 0. The molecule has 1 aliphatic heterocycles. The second-order valence-corrected chi connectivity index (χ2v) is 10.1. The van der Waals surface area contributed by atoms with Crippen LogP contribution in [0, 0.1) is 5.92 Å². The molecule has 0 aromatic heterocycles. The fraction of sp³-hybridized carbons (Fsp3) is 0.630. The van der Waals surface area contributed by atoms with Gasteiger partial charge in [0.25, 0.3) is 0 Å². The van der Waals surface area contributed by atoms with Gasteiger partial charge in [-0.3, -0.25) is 4.90 Å². The Labute approximate surface area is 187 Å². The van der Waals surface area contributed by atoms with E-state index < -0.39 is 0 Å². The van der Waals surface area contributed by atoms with Crippen LogP contribution in [0.4, 0.5) is 0 Å². The number of hydrogen-bond acceptors (Lipinski definition) is 4. The minimum atomic E-state index is 0.206. The molecule has 5 rings (SSSR count). The first kappa shape index (κ1) is 21.2. The molecule has 3 aliphatic carbocycles. The van der Waals surface area contributed by atoms with E-state index >= 15 is 0 Å². The van der Waals surface area contributed by atoms with Gasteiger partial charge in [0.05, 0.1) is 13.2 Å². The molecule has 0 bridgehead atoms. The first-order valence-electron chi connectivity index (χ1n) is 12.2. The molecule has 1 saturated heterocycles. The van der Waals surface area contributed by atoms with Crippen LogP contribution in [0.3, 0.4) is 0 Å². The molecule has 168 valence electrons. The van der Waals surface area contributed by atoms with Crippen molar-refractivity contribution in [2.75, 3.05) is 40.4 Å². The Morgan fingerprint density at radius 3 is 2.39 bits per heavy atom. The molecule has 4 nitrogen and oxygen atoms in total. The second kappa shape index (κ2) is 9.09. The lowest BCUT2D eigenvalue weighted by atomic mass is 9.77. The van der Waals surface area contributed by atoms with Crippen LogP contribution in [0.15, 0.2) is 47.6 Å². The van der Waals surface area contributed by atoms with Gasteiger partial charge in [0.1, 0.15) is 5.75 Å². The predicted molar refractivity (Wildman–Crippen MR) is 126 cm³/mol. The van der Waals surface area contributed by atoms with E-state index in [9.17, 15) is 0 Å². The highest BCUT2D eigenvalue weighted by Crippen LogP contribution is 2.40. The second-order valence-electron chi connectivity index (χ2n) is 10.1. The molecule has 2 saturated carbocycles. The molecule has 3 atom stereocenters. The largest absolute Gasteiger partial charge is 0.497 e. The van der Waals surface area contributed by atoms with E-state index in [1.807, 2.05) is 0 Å². The molecule has 4 heteroatoms. The lowest BCUT2D eigenvalue weighted by molar-refractivity contribution is 0.0520. The summed E-state index contributed by atoms with van der Waals surface area (Å²) in [5.74, 6) is 1.76. The fourth-order valence-electron chi connectivity index (χ4n) is 5.44. The zero-order chi connectivity index (χ0) is 21.4. The van der Waals surface area contributed by atoms with E-state index in [0.717, 1.165) is 44.0 Å². The van der Waals surface area contributed by atoms with Crippen molar-refractivity contribution in [1.29, 1.82) is 0 Å². The number of likely N-dealkylation sites (N-methyl/N-ethyl adjacent to an activating group) is 1. The number of fused-ring (bicyclic) bond motifs is 1. The van der Waals surface area contributed by atoms with Gasteiger partial charge < -0.3 is 14.4 Å². The number of likely N-dealkylation sites (tertiary alicyclic amines) is 1. The van der Waals surface area contributed by atoms with Crippen LogP contribution in [0.25, 0.3) is 0 Å². The van der Waals surface area contributed by atoms with E-state index in [-0.39, 0.29) is 6.10 Å². The summed E-state index contributed by atoms with van der Waals surface area (Å²) in [6.07, 6.45) is 11.9. The number of piperidine rings is 1. The van der Waals surface area contributed by atoms with Gasteiger partial charge in [-0.15, -0.1) is 0 Å². The molecule has 1 aromatic carbocycles. The van der Waals surface area contributed by atoms with E-state index in [0.29, 0.717) is 11.8 Å². The summed E-state index contributed by atoms with van der Waals surface area (Å²) in [6, 6.07) is 10.4. The number of benzene rings is 1. The van der Waals surface area contributed by atoms with Crippen LogP contribution >= 0.6 is 0 Å². The normalized spacial score (nSPS) is 28.8. The van der Waals surface area contributed by atoms with Crippen LogP contribution in [-0.4, -0.2) is 68.4 Å². The molecule has 3 unspecified atom stereocenters. The molecule has 0 N–H and O–H groups in total. The SMILES string of the molecule is COc1ccc(C2CN(C)CC3=CC(OCCCN(C4CC4)C4CC4)C(C)C=C32)cc1. The van der Waals surface area contributed by atoms with Gasteiger partial charge >= 0.3 is 0 Å². The minimum absolute atomic E-state index is 0.206. The lowest BCUT2D eigenvalue weighted by Gasteiger charge is -2.39. The Balaban J connectivity index is 1.21. The molecular formula is C27H38N2O2. The summed E-state index contributed by atoms with van der Waals surface area (Å²) in [7, 11) is 3.96. The van der Waals surface area contributed by atoms with Crippen molar-refractivity contribution in [3.8, 4) is 5.75 Å². The van der Waals surface area contributed by atoms with Crippen molar-refractivity contribution >= 4 is 0 Å². The zero-order valence-electron chi connectivity index (χ0n) is 19.4. The predicted octanol–water partition coefficient (Wildman–Crippen LogP) is 4.63. The fourth-order valence-corrected chi connectivity index (χ4v) is 5.44. The van der Waals surface area contributed by atoms with Crippen molar-refractivity contribution in [1.82, 2.24) is 9.80 Å². The first-order chi connectivity index (χ1) is 15.1. The molecule has 1 aromatic rings. The average Bonchev–Trinajstić information content (AvgIpc) is 3.68. The van der Waals surface area contributed by atoms with Crippen molar-refractivity contribution in [2.24, 2.45) is 5.92 Å². The van der Waals surface area contributed by atoms with Crippen molar-refractivity contribution in [2.45, 2.75) is 63.1 Å². The Hall–Kier alpha value is -1.62. The number of ether oxygens (including phenoxy) is 2. The maximum Gasteiger partial charge on any atom is 0.118 e. The van der Waals surface area contributed by atoms with Crippen molar-refractivity contribution in [3.05, 3.63) is 53.1 Å². The van der Waals surface area contributed by atoms with E-state index in [4.69, 9.17) is 9.47 Å². The topological polar surface area (TPSA) is 24.9 Å². The van der Waals surface area contributed by atoms with Gasteiger partial charge in [-0.25, -0.2) is 0 Å². The Morgan fingerprint density at radius 1 is 1.03 bits per heavy atom. The summed E-state index contributed by atoms with van der Waals surface area (Å²) in [5.41, 5.74) is 4.33. The summed E-state index contributed by atoms with van der Waals surface area (Å²) in [4.78, 5) is 5.20. The van der Waals surface area contributed by atoms with Crippen LogP contribution < -0.4 is 4.74 Å². The maximum absolute atomic E-state index is 6.42. The molecular weight excluding hydrogens is 384 g/mol. The highest BCUT2D eigenvalue weighted by Gasteiger charge is 2.38. The summed E-state index contributed by atoms with van der Waals surface area (Å²) >= 11 is 0. The zero-order valence-corrected chi connectivity index (χ0v) is 19.4. The van der Waals surface area contributed by atoms with E-state index in [2.05, 4.69) is 60.2 Å². The Kier molecular flexibility index (Phi) is 6.23. The van der Waals surface area contributed by atoms with Gasteiger partial charge in [0, 0.05) is 50.2 Å². The van der Waals surface area contributed by atoms with Crippen molar-refractivity contribution in [3.63, 3.8) is 0 Å². The quantitative estimate of drug-likeness (QED) is 0.542. The van der Waals surface area contributed by atoms with E-state index in [1.54, 1.807) is 7.11 Å². The summed E-state index contributed by atoms with van der Waals surface area (Å²) < 4.78 is 11.8. The highest BCUT2D eigenvalue weighted by molar-refractivity contribution is 5.48. The third-order valence-corrected chi connectivity index (χ3v) is 7.43. The smallest absolute Gasteiger partial charge is 0.118 e. The van der Waals surface area contributed by atoms with Crippen molar-refractivity contribution < 1.29 is 9.47 Å². The summed E-state index contributed by atoms with van der Waals surface area (Å²) in [5, 5.41) is 0. The summed E-state index contributed by atoms with van der Waals surface area (Å²) in [6.45, 7) is 6.48. The third-order valence-electron chi connectivity index (χ3n) is 7.43. The van der Waals surface area contributed by atoms with Gasteiger partial charge in [0.2, 0.25) is 0 Å². The Bertz CT molecular complexity index is 810. The minimum Gasteiger partial charge on any atom is -0.497 e. The van der Waals surface area contributed by atoms with Crippen LogP contribution in [0.2, 0.25) is 0 Å². The lowest BCUT2D eigenvalue weighted by Crippen LogP contribution is -2.37. The van der Waals surface area contributed by atoms with Gasteiger partial charge in [-0.1, -0.05) is 31.2 Å². The highest BCUT2D eigenvalue weighted by atomic mass is 16.5. The molecule has 4 aliphatic rings. The number of nitrogens with zero attached hydrogens (tertiary/aromatic N) is 2. The average molecular weight is 423 g/mol. The number of rotatable bonds is 9. The standard InChI is InChI=1S/C27H38N2O2/c1-19-15-25-21(17-28(2)18-26(25)20-5-11-24(30-3)12-6-20)16-27(19)31-14-4-13-29(22-7-8-22)23-9-10-23/h5-6,11-12,15-16,19,22-23,26-27H,4,7-10,13-14,17-18H2,1-3H3. The van der Waals surface area contributed by atoms with Crippen LogP contribution in [0.1, 0.15) is 50.5 Å². The molecule has 1 heterocycles. The van der Waals surface area contributed by atoms with Gasteiger partial charge in [-0.05, 0) is 68.0 Å². The molecule has 0 amide bonds. The first-order valence-corrected chi connectivity index (χ1v) is 12.2. The molecule has 3 fully saturated rings. The van der Waals surface area contributed by atoms with Crippen LogP contribution in [-0.2, 0) is 4.74 Å².